The molecule has 0 heterocycles. The Morgan fingerprint density at radius 3 is 2.36 bits per heavy atom. The fourth-order valence-corrected chi connectivity index (χ4v) is 2.51. The quantitative estimate of drug-likeness (QED) is 0.422. The fourth-order valence-electron chi connectivity index (χ4n) is 2.17. The number of halogens is 1. The Balaban J connectivity index is 2.05. The van der Waals surface area contributed by atoms with Crippen molar-refractivity contribution in [3.05, 3.63) is 28.2 Å². The molecule has 0 aliphatic carbocycles. The summed E-state index contributed by atoms with van der Waals surface area (Å²) < 4.78 is 6.55. The summed E-state index contributed by atoms with van der Waals surface area (Å²) in [5, 5.41) is 8.52. The lowest BCUT2D eigenvalue weighted by Crippen LogP contribution is -2.00. The van der Waals surface area contributed by atoms with Crippen LogP contribution in [0.4, 0.5) is 0 Å². The predicted molar refractivity (Wildman–Crippen MR) is 89.6 cm³/mol. The van der Waals surface area contributed by atoms with E-state index in [-0.39, 0.29) is 6.42 Å². The molecule has 0 saturated carbocycles. The van der Waals surface area contributed by atoms with E-state index in [1.165, 1.54) is 0 Å². The summed E-state index contributed by atoms with van der Waals surface area (Å²) in [7, 11) is 0. The highest BCUT2D eigenvalue weighted by atomic mass is 79.9. The number of hydrogen-bond acceptors (Lipinski definition) is 3. The Bertz CT molecular complexity index is 474. The summed E-state index contributed by atoms with van der Waals surface area (Å²) in [6.45, 7) is 0.607. The minimum absolute atomic E-state index is 0.277. The number of carbonyl (C=O) groups is 2. The molecule has 1 aromatic rings. The third kappa shape index (κ3) is 8.17. The van der Waals surface area contributed by atoms with E-state index in [9.17, 15) is 9.59 Å². The summed E-state index contributed by atoms with van der Waals surface area (Å²) >= 11 is 3.37. The Morgan fingerprint density at radius 1 is 1.09 bits per heavy atom. The summed E-state index contributed by atoms with van der Waals surface area (Å²) in [4.78, 5) is 21.3. The van der Waals surface area contributed by atoms with Crippen molar-refractivity contribution in [1.82, 2.24) is 0 Å². The number of carbonyl (C=O) groups excluding carboxylic acids is 1. The van der Waals surface area contributed by atoms with E-state index in [1.54, 1.807) is 6.07 Å². The molecule has 0 saturated heterocycles. The van der Waals surface area contributed by atoms with Crippen LogP contribution in [0.2, 0.25) is 0 Å². The third-order valence-electron chi connectivity index (χ3n) is 3.40. The molecule has 4 nitrogen and oxygen atoms in total. The molecule has 0 spiro atoms. The second-order valence-electron chi connectivity index (χ2n) is 5.27. The summed E-state index contributed by atoms with van der Waals surface area (Å²) in [6.07, 6.45) is 8.25. The van der Waals surface area contributed by atoms with Crippen molar-refractivity contribution in [2.24, 2.45) is 0 Å². The highest BCUT2D eigenvalue weighted by molar-refractivity contribution is 9.10. The highest BCUT2D eigenvalue weighted by Crippen LogP contribution is 2.22. The van der Waals surface area contributed by atoms with E-state index in [0.29, 0.717) is 17.9 Å². The molecule has 0 atom stereocenters. The molecule has 1 rings (SSSR count). The molecule has 22 heavy (non-hydrogen) atoms. The highest BCUT2D eigenvalue weighted by Gasteiger charge is 2.03. The molecule has 0 aliphatic heterocycles. The maximum atomic E-state index is 10.9. The Kier molecular flexibility index (Phi) is 9.55. The number of rotatable bonds is 12. The number of aliphatic carboxylic acids is 1. The van der Waals surface area contributed by atoms with E-state index in [1.807, 2.05) is 12.1 Å². The van der Waals surface area contributed by atoms with Gasteiger partial charge < -0.3 is 9.84 Å². The van der Waals surface area contributed by atoms with Crippen LogP contribution >= 0.6 is 15.9 Å². The number of unbranched alkanes of at least 4 members (excludes halogenated alkanes) is 6. The maximum Gasteiger partial charge on any atom is 0.303 e. The van der Waals surface area contributed by atoms with Gasteiger partial charge in [-0.2, -0.15) is 0 Å². The largest absolute Gasteiger partial charge is 0.493 e. The van der Waals surface area contributed by atoms with Crippen LogP contribution in [-0.2, 0) is 4.79 Å². The van der Waals surface area contributed by atoms with E-state index < -0.39 is 5.97 Å². The van der Waals surface area contributed by atoms with Crippen LogP contribution in [0.3, 0.4) is 0 Å². The van der Waals surface area contributed by atoms with Gasteiger partial charge in [0.15, 0.2) is 6.29 Å². The second-order valence-corrected chi connectivity index (χ2v) is 6.18. The maximum absolute atomic E-state index is 10.9. The van der Waals surface area contributed by atoms with Gasteiger partial charge in [-0.25, -0.2) is 0 Å². The van der Waals surface area contributed by atoms with Crippen molar-refractivity contribution in [2.45, 2.75) is 51.4 Å². The van der Waals surface area contributed by atoms with Crippen molar-refractivity contribution < 1.29 is 19.4 Å². The first kappa shape index (κ1) is 18.7. The summed E-state index contributed by atoms with van der Waals surface area (Å²) in [6, 6.07) is 5.37. The molecule has 0 radical (unpaired) electrons. The van der Waals surface area contributed by atoms with Crippen LogP contribution in [-0.4, -0.2) is 24.0 Å². The Hall–Kier alpha value is -1.36. The molecule has 0 amide bonds. The number of carboxylic acids is 1. The smallest absolute Gasteiger partial charge is 0.303 e. The van der Waals surface area contributed by atoms with Gasteiger partial charge in [0.2, 0.25) is 0 Å². The zero-order chi connectivity index (χ0) is 16.2. The van der Waals surface area contributed by atoms with Crippen molar-refractivity contribution >= 4 is 28.2 Å². The molecular weight excluding hydrogens is 348 g/mol. The standard InChI is InChI=1S/C17H23BrO4/c18-15-10-9-14(13-19)16(12-15)22-11-7-5-3-1-2-4-6-8-17(20)21/h9-10,12-13H,1-8,11H2,(H,20,21). The van der Waals surface area contributed by atoms with Gasteiger partial charge in [-0.3, -0.25) is 9.59 Å². The van der Waals surface area contributed by atoms with Crippen LogP contribution in [0, 0.1) is 0 Å². The van der Waals surface area contributed by atoms with Gasteiger partial charge in [0.1, 0.15) is 5.75 Å². The first-order chi connectivity index (χ1) is 10.6. The Labute approximate surface area is 140 Å². The average Bonchev–Trinajstić information content (AvgIpc) is 2.49. The van der Waals surface area contributed by atoms with Crippen molar-refractivity contribution in [2.75, 3.05) is 6.61 Å². The van der Waals surface area contributed by atoms with E-state index in [0.717, 1.165) is 55.7 Å². The molecule has 1 N–H and O–H groups in total. The molecule has 0 bridgehead atoms. The van der Waals surface area contributed by atoms with E-state index in [2.05, 4.69) is 15.9 Å². The number of aldehydes is 1. The van der Waals surface area contributed by atoms with Crippen molar-refractivity contribution in [3.63, 3.8) is 0 Å². The van der Waals surface area contributed by atoms with Gasteiger partial charge >= 0.3 is 5.97 Å². The second kappa shape index (κ2) is 11.2. The molecule has 122 valence electrons. The van der Waals surface area contributed by atoms with Gasteiger partial charge in [0.05, 0.1) is 12.2 Å². The zero-order valence-corrected chi connectivity index (χ0v) is 14.3. The van der Waals surface area contributed by atoms with Crippen LogP contribution in [0.25, 0.3) is 0 Å². The van der Waals surface area contributed by atoms with E-state index >= 15 is 0 Å². The molecule has 5 heteroatoms. The van der Waals surface area contributed by atoms with Gasteiger partial charge in [-0.05, 0) is 31.0 Å². The SMILES string of the molecule is O=Cc1ccc(Br)cc1OCCCCCCCCCC(=O)O. The van der Waals surface area contributed by atoms with Crippen LogP contribution in [0.1, 0.15) is 61.7 Å². The normalized spacial score (nSPS) is 10.4. The third-order valence-corrected chi connectivity index (χ3v) is 3.89. The minimum atomic E-state index is -0.709. The van der Waals surface area contributed by atoms with Gasteiger partial charge in [-0.1, -0.05) is 48.0 Å². The monoisotopic (exact) mass is 370 g/mol. The number of benzene rings is 1. The summed E-state index contributed by atoms with van der Waals surface area (Å²) in [5.41, 5.74) is 0.571. The van der Waals surface area contributed by atoms with Crippen LogP contribution in [0.15, 0.2) is 22.7 Å². The van der Waals surface area contributed by atoms with E-state index in [4.69, 9.17) is 9.84 Å². The van der Waals surface area contributed by atoms with Crippen molar-refractivity contribution in [1.29, 1.82) is 0 Å². The van der Waals surface area contributed by atoms with Gasteiger partial charge in [-0.15, -0.1) is 0 Å². The molecule has 0 unspecified atom stereocenters. The molecule has 0 aliphatic rings. The number of ether oxygens (including phenoxy) is 1. The predicted octanol–water partition coefficient (Wildman–Crippen LogP) is 4.85. The topological polar surface area (TPSA) is 63.6 Å². The molecular formula is C17H23BrO4. The molecule has 0 fully saturated rings. The molecule has 0 aromatic heterocycles. The lowest BCUT2D eigenvalue weighted by atomic mass is 10.1. The molecule has 1 aromatic carbocycles. The fraction of sp³-hybridized carbons (Fsp3) is 0.529. The lowest BCUT2D eigenvalue weighted by Gasteiger charge is -2.08. The first-order valence-corrected chi connectivity index (χ1v) is 8.52. The summed E-state index contributed by atoms with van der Waals surface area (Å²) in [5.74, 6) is -0.0857. The zero-order valence-electron chi connectivity index (χ0n) is 12.7. The van der Waals surface area contributed by atoms with Gasteiger partial charge in [0.25, 0.3) is 0 Å². The average molecular weight is 371 g/mol. The minimum Gasteiger partial charge on any atom is -0.493 e. The number of carboxylic acid groups (broad SMARTS) is 1. The van der Waals surface area contributed by atoms with Gasteiger partial charge in [0, 0.05) is 10.9 Å². The van der Waals surface area contributed by atoms with Crippen LogP contribution in [0.5, 0.6) is 5.75 Å². The van der Waals surface area contributed by atoms with Crippen LogP contribution < -0.4 is 4.74 Å². The Morgan fingerprint density at radius 2 is 1.73 bits per heavy atom. The lowest BCUT2D eigenvalue weighted by molar-refractivity contribution is -0.137. The number of hydrogen-bond donors (Lipinski definition) is 1. The first-order valence-electron chi connectivity index (χ1n) is 7.73. The van der Waals surface area contributed by atoms with Crippen molar-refractivity contribution in [3.8, 4) is 5.75 Å².